The second-order valence-electron chi connectivity index (χ2n) is 1.46. The van der Waals surface area contributed by atoms with Gasteiger partial charge in [0.25, 0.3) is 0 Å². The molecule has 3 heteroatoms. The minimum absolute atomic E-state index is 0.653. The number of aliphatic hydroxyl groups excluding tert-OH is 1. The molecule has 0 saturated heterocycles. The number of aliphatic hydroxyl groups is 1. The van der Waals surface area contributed by atoms with E-state index in [1.54, 1.807) is 18.3 Å². The summed E-state index contributed by atoms with van der Waals surface area (Å²) in [7, 11) is 0. The lowest BCUT2D eigenvalue weighted by Gasteiger charge is -1.84. The molecule has 0 fully saturated rings. The summed E-state index contributed by atoms with van der Waals surface area (Å²) in [6.45, 7) is 0. The van der Waals surface area contributed by atoms with Crippen LogP contribution in [0.4, 0.5) is 0 Å². The second-order valence-corrected chi connectivity index (χ2v) is 1.46. The third-order valence-electron chi connectivity index (χ3n) is 0.838. The van der Waals surface area contributed by atoms with E-state index in [0.717, 1.165) is 6.26 Å². The van der Waals surface area contributed by atoms with Crippen molar-refractivity contribution >= 4 is 6.08 Å². The van der Waals surface area contributed by atoms with E-state index in [1.165, 1.54) is 6.08 Å². The van der Waals surface area contributed by atoms with Crippen LogP contribution in [0.1, 0.15) is 5.69 Å². The monoisotopic (exact) mass is 122 g/mol. The molecule has 1 heterocycles. The van der Waals surface area contributed by atoms with Gasteiger partial charge in [0.15, 0.2) is 0 Å². The molecule has 0 aromatic carbocycles. The molecule has 0 aliphatic carbocycles. The van der Waals surface area contributed by atoms with E-state index in [1.807, 2.05) is 0 Å². The summed E-state index contributed by atoms with van der Waals surface area (Å²) in [5.74, 6) is 0. The van der Waals surface area contributed by atoms with Crippen molar-refractivity contribution in [2.75, 3.05) is 0 Å². The molecule has 0 amide bonds. The van der Waals surface area contributed by atoms with Crippen molar-refractivity contribution in [2.45, 2.75) is 0 Å². The topological polar surface area (TPSA) is 46.0 Å². The SMILES string of the molecule is O/C=C\c1cccnn1. The Hall–Kier alpha value is -1.38. The lowest BCUT2D eigenvalue weighted by Crippen LogP contribution is -1.81. The van der Waals surface area contributed by atoms with E-state index in [9.17, 15) is 0 Å². The van der Waals surface area contributed by atoms with E-state index in [0.29, 0.717) is 5.69 Å². The highest BCUT2D eigenvalue weighted by Crippen LogP contribution is 1.91. The number of hydrogen-bond acceptors (Lipinski definition) is 3. The Bertz CT molecular complexity index is 195. The van der Waals surface area contributed by atoms with Gasteiger partial charge in [0.2, 0.25) is 0 Å². The molecule has 1 aromatic rings. The number of nitrogens with zero attached hydrogens (tertiary/aromatic N) is 2. The maximum atomic E-state index is 8.27. The largest absolute Gasteiger partial charge is 0.516 e. The zero-order valence-electron chi connectivity index (χ0n) is 4.73. The summed E-state index contributed by atoms with van der Waals surface area (Å²) < 4.78 is 0. The summed E-state index contributed by atoms with van der Waals surface area (Å²) in [4.78, 5) is 0. The van der Waals surface area contributed by atoms with Gasteiger partial charge in [-0.05, 0) is 18.2 Å². The highest BCUT2D eigenvalue weighted by atomic mass is 16.2. The van der Waals surface area contributed by atoms with Crippen LogP contribution in [0.2, 0.25) is 0 Å². The molecule has 3 nitrogen and oxygen atoms in total. The lowest BCUT2D eigenvalue weighted by molar-refractivity contribution is 0.478. The van der Waals surface area contributed by atoms with Crippen LogP contribution in [0.25, 0.3) is 6.08 Å². The fourth-order valence-electron chi connectivity index (χ4n) is 0.479. The van der Waals surface area contributed by atoms with Crippen molar-refractivity contribution in [3.63, 3.8) is 0 Å². The predicted molar refractivity (Wildman–Crippen MR) is 33.7 cm³/mol. The molecule has 0 unspecified atom stereocenters. The maximum absolute atomic E-state index is 8.27. The molecule has 46 valence electrons. The Morgan fingerprint density at radius 3 is 3.00 bits per heavy atom. The van der Waals surface area contributed by atoms with Gasteiger partial charge in [-0.15, -0.1) is 0 Å². The predicted octanol–water partition coefficient (Wildman–Crippen LogP) is 1.01. The van der Waals surface area contributed by atoms with Gasteiger partial charge >= 0.3 is 0 Å². The molecule has 0 spiro atoms. The Morgan fingerprint density at radius 2 is 2.44 bits per heavy atom. The maximum Gasteiger partial charge on any atom is 0.0887 e. The van der Waals surface area contributed by atoms with Crippen LogP contribution in [-0.2, 0) is 0 Å². The van der Waals surface area contributed by atoms with Crippen molar-refractivity contribution in [1.29, 1.82) is 0 Å². The van der Waals surface area contributed by atoms with Crippen LogP contribution in [-0.4, -0.2) is 15.3 Å². The van der Waals surface area contributed by atoms with E-state index in [2.05, 4.69) is 10.2 Å². The molecule has 0 radical (unpaired) electrons. The summed E-state index contributed by atoms with van der Waals surface area (Å²) in [5, 5.41) is 15.5. The highest BCUT2D eigenvalue weighted by Gasteiger charge is 1.81. The average Bonchev–Trinajstić information content (AvgIpc) is 1.91. The van der Waals surface area contributed by atoms with E-state index >= 15 is 0 Å². The smallest absolute Gasteiger partial charge is 0.0887 e. The van der Waals surface area contributed by atoms with Crippen molar-refractivity contribution in [2.24, 2.45) is 0 Å². The van der Waals surface area contributed by atoms with Gasteiger partial charge in [0.05, 0.1) is 12.0 Å². The summed E-state index contributed by atoms with van der Waals surface area (Å²) in [5.41, 5.74) is 0.653. The Labute approximate surface area is 52.7 Å². The Morgan fingerprint density at radius 1 is 1.56 bits per heavy atom. The minimum Gasteiger partial charge on any atom is -0.516 e. The fraction of sp³-hybridized carbons (Fsp3) is 0. The number of hydrogen-bond donors (Lipinski definition) is 1. The first-order valence-electron chi connectivity index (χ1n) is 2.52. The van der Waals surface area contributed by atoms with Gasteiger partial charge in [0, 0.05) is 6.20 Å². The minimum atomic E-state index is 0.653. The van der Waals surface area contributed by atoms with Crippen LogP contribution >= 0.6 is 0 Å². The van der Waals surface area contributed by atoms with Gasteiger partial charge in [0.1, 0.15) is 0 Å². The van der Waals surface area contributed by atoms with Crippen molar-refractivity contribution < 1.29 is 5.11 Å². The van der Waals surface area contributed by atoms with Gasteiger partial charge in [-0.25, -0.2) is 0 Å². The summed E-state index contributed by atoms with van der Waals surface area (Å²) in [6, 6.07) is 3.50. The summed E-state index contributed by atoms with van der Waals surface area (Å²) in [6.07, 6.45) is 3.98. The third-order valence-corrected chi connectivity index (χ3v) is 0.838. The molecule has 9 heavy (non-hydrogen) atoms. The molecule has 1 rings (SSSR count). The quantitative estimate of drug-likeness (QED) is 0.565. The highest BCUT2D eigenvalue weighted by molar-refractivity contribution is 5.40. The van der Waals surface area contributed by atoms with Gasteiger partial charge in [-0.3, -0.25) is 0 Å². The molecule has 0 aliphatic rings. The van der Waals surface area contributed by atoms with Crippen LogP contribution in [0, 0.1) is 0 Å². The first-order chi connectivity index (χ1) is 4.43. The zero-order valence-corrected chi connectivity index (χ0v) is 4.73. The zero-order chi connectivity index (χ0) is 6.53. The molecular formula is C6H6N2O. The molecule has 1 aromatic heterocycles. The summed E-state index contributed by atoms with van der Waals surface area (Å²) >= 11 is 0. The average molecular weight is 122 g/mol. The van der Waals surface area contributed by atoms with Crippen LogP contribution in [0.15, 0.2) is 24.6 Å². The molecule has 0 bridgehead atoms. The molecule has 1 N–H and O–H groups in total. The molecule has 0 atom stereocenters. The molecule has 0 saturated carbocycles. The van der Waals surface area contributed by atoms with Crippen LogP contribution in [0.5, 0.6) is 0 Å². The number of rotatable bonds is 1. The fourth-order valence-corrected chi connectivity index (χ4v) is 0.479. The van der Waals surface area contributed by atoms with E-state index in [4.69, 9.17) is 5.11 Å². The lowest BCUT2D eigenvalue weighted by atomic mass is 10.4. The van der Waals surface area contributed by atoms with Crippen molar-refractivity contribution in [3.8, 4) is 0 Å². The first-order valence-corrected chi connectivity index (χ1v) is 2.52. The van der Waals surface area contributed by atoms with E-state index in [-0.39, 0.29) is 0 Å². The van der Waals surface area contributed by atoms with Crippen LogP contribution in [0.3, 0.4) is 0 Å². The van der Waals surface area contributed by atoms with Crippen molar-refractivity contribution in [3.05, 3.63) is 30.3 Å². The van der Waals surface area contributed by atoms with Crippen LogP contribution < -0.4 is 0 Å². The third kappa shape index (κ3) is 1.53. The standard InChI is InChI=1S/C6H6N2O/c9-5-3-6-2-1-4-7-8-6/h1-5,9H/b5-3-. The number of aromatic nitrogens is 2. The Balaban J connectivity index is 2.85. The van der Waals surface area contributed by atoms with Gasteiger partial charge < -0.3 is 5.11 Å². The second kappa shape index (κ2) is 2.81. The van der Waals surface area contributed by atoms with Crippen molar-refractivity contribution in [1.82, 2.24) is 10.2 Å². The normalized spacial score (nSPS) is 10.2. The van der Waals surface area contributed by atoms with Gasteiger partial charge in [-0.1, -0.05) is 0 Å². The first kappa shape index (κ1) is 5.75. The molecule has 0 aliphatic heterocycles. The Kier molecular flexibility index (Phi) is 1.80. The van der Waals surface area contributed by atoms with E-state index < -0.39 is 0 Å². The van der Waals surface area contributed by atoms with Gasteiger partial charge in [-0.2, -0.15) is 10.2 Å². The molecular weight excluding hydrogens is 116 g/mol.